The van der Waals surface area contributed by atoms with Crippen molar-refractivity contribution in [3.05, 3.63) is 69.2 Å². The van der Waals surface area contributed by atoms with Gasteiger partial charge >= 0.3 is 0 Å². The lowest BCUT2D eigenvalue weighted by molar-refractivity contribution is -0.139. The molecule has 27 heavy (non-hydrogen) atoms. The molecule has 7 heteroatoms. The molecule has 5 nitrogen and oxygen atoms in total. The summed E-state index contributed by atoms with van der Waals surface area (Å²) in [6, 6.07) is 11.8. The van der Waals surface area contributed by atoms with Crippen LogP contribution in [0.5, 0.6) is 0 Å². The van der Waals surface area contributed by atoms with E-state index in [1.54, 1.807) is 36.4 Å². The fraction of sp³-hybridized carbons (Fsp3) is 0.250. The van der Waals surface area contributed by atoms with Gasteiger partial charge in [0.1, 0.15) is 0 Å². The summed E-state index contributed by atoms with van der Waals surface area (Å²) in [4.78, 5) is 37.1. The van der Waals surface area contributed by atoms with Crippen LogP contribution in [0.15, 0.2) is 42.5 Å². The molecule has 0 radical (unpaired) electrons. The average Bonchev–Trinajstić information content (AvgIpc) is 2.96. The number of amides is 3. The van der Waals surface area contributed by atoms with Gasteiger partial charge in [0.05, 0.1) is 22.6 Å². The molecule has 0 saturated carbocycles. The summed E-state index contributed by atoms with van der Waals surface area (Å²) < 4.78 is 0. The van der Waals surface area contributed by atoms with Gasteiger partial charge in [0.2, 0.25) is 11.8 Å². The summed E-state index contributed by atoms with van der Waals surface area (Å²) >= 11 is 11.9. The lowest BCUT2D eigenvalue weighted by atomic mass is 10.1. The molecule has 140 valence electrons. The number of hydrogen-bond acceptors (Lipinski definition) is 3. The van der Waals surface area contributed by atoms with E-state index in [9.17, 15) is 14.4 Å². The number of benzene rings is 2. The summed E-state index contributed by atoms with van der Waals surface area (Å²) in [5.74, 6) is -0.539. The fourth-order valence-electron chi connectivity index (χ4n) is 2.89. The second-order valence-electron chi connectivity index (χ2n) is 6.44. The number of hydrogen-bond donors (Lipinski definition) is 1. The number of carbonyl (C=O) groups excluding carboxylic acids is 3. The van der Waals surface area contributed by atoms with Crippen LogP contribution in [0.4, 0.5) is 0 Å². The van der Waals surface area contributed by atoms with Gasteiger partial charge in [-0.1, -0.05) is 41.4 Å². The van der Waals surface area contributed by atoms with Gasteiger partial charge in [-0.15, -0.1) is 0 Å². The highest BCUT2D eigenvalue weighted by molar-refractivity contribution is 6.42. The first kappa shape index (κ1) is 19.4. The molecule has 0 spiro atoms. The molecule has 1 unspecified atom stereocenters. The van der Waals surface area contributed by atoms with Gasteiger partial charge in [-0.05, 0) is 42.3 Å². The van der Waals surface area contributed by atoms with E-state index in [1.807, 2.05) is 13.0 Å². The Morgan fingerprint density at radius 1 is 1.04 bits per heavy atom. The zero-order valence-corrected chi connectivity index (χ0v) is 16.2. The standard InChI is InChI=1S/C20H18Cl2N2O3/c1-12(15-6-7-16(21)17(22)10-15)23-20(27)14-4-2-13(3-5-14)11-24-18(25)8-9-19(24)26/h2-7,10,12H,8-9,11H2,1H3,(H,23,27). The summed E-state index contributed by atoms with van der Waals surface area (Å²) in [5.41, 5.74) is 2.14. The lowest BCUT2D eigenvalue weighted by Crippen LogP contribution is -2.28. The van der Waals surface area contributed by atoms with Crippen molar-refractivity contribution in [3.8, 4) is 0 Å². The van der Waals surface area contributed by atoms with Crippen LogP contribution in [0.1, 0.15) is 47.3 Å². The predicted molar refractivity (Wildman–Crippen MR) is 104 cm³/mol. The minimum atomic E-state index is -0.244. The molecule has 1 atom stereocenters. The zero-order chi connectivity index (χ0) is 19.6. The van der Waals surface area contributed by atoms with Crippen LogP contribution < -0.4 is 5.32 Å². The molecule has 1 N–H and O–H groups in total. The maximum absolute atomic E-state index is 12.5. The smallest absolute Gasteiger partial charge is 0.251 e. The minimum absolute atomic E-state index is 0.155. The molecule has 3 amide bonds. The van der Waals surface area contributed by atoms with E-state index in [0.717, 1.165) is 11.1 Å². The highest BCUT2D eigenvalue weighted by Gasteiger charge is 2.28. The number of rotatable bonds is 5. The third-order valence-electron chi connectivity index (χ3n) is 4.50. The Labute approximate surface area is 167 Å². The fourth-order valence-corrected chi connectivity index (χ4v) is 3.19. The number of halogens is 2. The zero-order valence-electron chi connectivity index (χ0n) is 14.7. The quantitative estimate of drug-likeness (QED) is 0.761. The molecule has 0 aliphatic carbocycles. The van der Waals surface area contributed by atoms with Crippen molar-refractivity contribution >= 4 is 40.9 Å². The van der Waals surface area contributed by atoms with Gasteiger partial charge in [-0.3, -0.25) is 19.3 Å². The predicted octanol–water partition coefficient (Wildman–Crippen LogP) is 4.13. The van der Waals surface area contributed by atoms with Crippen molar-refractivity contribution in [1.29, 1.82) is 0 Å². The molecule has 0 bridgehead atoms. The lowest BCUT2D eigenvalue weighted by Gasteiger charge is -2.16. The molecule has 1 aliphatic heterocycles. The maximum atomic E-state index is 12.5. The maximum Gasteiger partial charge on any atom is 0.251 e. The van der Waals surface area contributed by atoms with Crippen molar-refractivity contribution in [1.82, 2.24) is 10.2 Å². The first-order valence-electron chi connectivity index (χ1n) is 8.53. The Morgan fingerprint density at radius 3 is 2.26 bits per heavy atom. The number of carbonyl (C=O) groups is 3. The summed E-state index contributed by atoms with van der Waals surface area (Å²) in [5, 5.41) is 3.80. The molecule has 2 aromatic rings. The molecule has 1 saturated heterocycles. The number of nitrogens with one attached hydrogen (secondary N) is 1. The Hall–Kier alpha value is -2.37. The van der Waals surface area contributed by atoms with Crippen molar-refractivity contribution in [2.24, 2.45) is 0 Å². The van der Waals surface area contributed by atoms with Gasteiger partial charge in [0.15, 0.2) is 0 Å². The van der Waals surface area contributed by atoms with E-state index in [-0.39, 0.29) is 43.1 Å². The average molecular weight is 405 g/mol. The first-order valence-corrected chi connectivity index (χ1v) is 9.28. The van der Waals surface area contributed by atoms with Crippen LogP contribution in [-0.4, -0.2) is 22.6 Å². The van der Waals surface area contributed by atoms with Gasteiger partial charge < -0.3 is 5.32 Å². The van der Waals surface area contributed by atoms with Crippen molar-refractivity contribution in [3.63, 3.8) is 0 Å². The summed E-state index contributed by atoms with van der Waals surface area (Å²) in [6.45, 7) is 2.09. The van der Waals surface area contributed by atoms with Crippen molar-refractivity contribution in [2.75, 3.05) is 0 Å². The second kappa shape index (κ2) is 8.11. The summed E-state index contributed by atoms with van der Waals surface area (Å²) in [6.07, 6.45) is 0.540. The Balaban J connectivity index is 1.64. The van der Waals surface area contributed by atoms with E-state index in [2.05, 4.69) is 5.32 Å². The van der Waals surface area contributed by atoms with Crippen molar-refractivity contribution < 1.29 is 14.4 Å². The Bertz CT molecular complexity index is 881. The van der Waals surface area contributed by atoms with Gasteiger partial charge in [0.25, 0.3) is 5.91 Å². The molecule has 1 heterocycles. The monoisotopic (exact) mass is 404 g/mol. The molecular weight excluding hydrogens is 387 g/mol. The van der Waals surface area contributed by atoms with E-state index < -0.39 is 0 Å². The van der Waals surface area contributed by atoms with Crippen LogP contribution in [0.2, 0.25) is 10.0 Å². The van der Waals surface area contributed by atoms with Crippen LogP contribution in [-0.2, 0) is 16.1 Å². The minimum Gasteiger partial charge on any atom is -0.346 e. The van der Waals surface area contributed by atoms with Crippen LogP contribution >= 0.6 is 23.2 Å². The third kappa shape index (κ3) is 4.49. The Kier molecular flexibility index (Phi) is 5.82. The third-order valence-corrected chi connectivity index (χ3v) is 5.24. The molecule has 0 aromatic heterocycles. The van der Waals surface area contributed by atoms with E-state index in [4.69, 9.17) is 23.2 Å². The number of likely N-dealkylation sites (tertiary alicyclic amines) is 1. The topological polar surface area (TPSA) is 66.5 Å². The molecule has 3 rings (SSSR count). The largest absolute Gasteiger partial charge is 0.346 e. The van der Waals surface area contributed by atoms with Gasteiger partial charge in [-0.25, -0.2) is 0 Å². The number of imide groups is 1. The summed E-state index contributed by atoms with van der Waals surface area (Å²) in [7, 11) is 0. The van der Waals surface area contributed by atoms with E-state index in [0.29, 0.717) is 15.6 Å². The van der Waals surface area contributed by atoms with Crippen molar-refractivity contribution in [2.45, 2.75) is 32.4 Å². The van der Waals surface area contributed by atoms with Crippen LogP contribution in [0, 0.1) is 0 Å². The molecule has 2 aromatic carbocycles. The highest BCUT2D eigenvalue weighted by Crippen LogP contribution is 2.25. The molecule has 1 fully saturated rings. The Morgan fingerprint density at radius 2 is 1.67 bits per heavy atom. The van der Waals surface area contributed by atoms with Crippen LogP contribution in [0.25, 0.3) is 0 Å². The normalized spacial score (nSPS) is 15.1. The second-order valence-corrected chi connectivity index (χ2v) is 7.25. The SMILES string of the molecule is CC(NC(=O)c1ccc(CN2C(=O)CCC2=O)cc1)c1ccc(Cl)c(Cl)c1. The van der Waals surface area contributed by atoms with Gasteiger partial charge in [-0.2, -0.15) is 0 Å². The molecular formula is C20H18Cl2N2O3. The van der Waals surface area contributed by atoms with Gasteiger partial charge in [0, 0.05) is 18.4 Å². The van der Waals surface area contributed by atoms with E-state index >= 15 is 0 Å². The van der Waals surface area contributed by atoms with Crippen LogP contribution in [0.3, 0.4) is 0 Å². The number of nitrogens with zero attached hydrogens (tertiary/aromatic N) is 1. The van der Waals surface area contributed by atoms with E-state index in [1.165, 1.54) is 4.90 Å². The molecule has 1 aliphatic rings. The first-order chi connectivity index (χ1) is 12.8. The highest BCUT2D eigenvalue weighted by atomic mass is 35.5.